The molecule has 0 heterocycles. The Balaban J connectivity index is 1.87. The van der Waals surface area contributed by atoms with Gasteiger partial charge in [0, 0.05) is 12.1 Å². The van der Waals surface area contributed by atoms with E-state index in [-0.39, 0.29) is 5.57 Å². The number of benzene rings is 3. The molecule has 0 bridgehead atoms. The fourth-order valence-corrected chi connectivity index (χ4v) is 3.95. The van der Waals surface area contributed by atoms with Crippen LogP contribution in [-0.4, -0.2) is 12.5 Å². The lowest BCUT2D eigenvalue weighted by Gasteiger charge is -2.13. The minimum Gasteiger partial charge on any atom is -0.494 e. The number of nitriles is 1. The minimum atomic E-state index is -0.429. The first kappa shape index (κ1) is 23.8. The summed E-state index contributed by atoms with van der Waals surface area (Å²) in [5, 5.41) is 12.5. The summed E-state index contributed by atoms with van der Waals surface area (Å²) >= 11 is 0. The highest BCUT2D eigenvalue weighted by Gasteiger charge is 2.13. The van der Waals surface area contributed by atoms with E-state index in [0.717, 1.165) is 34.4 Å². The van der Waals surface area contributed by atoms with Gasteiger partial charge in [-0.2, -0.15) is 5.26 Å². The topological polar surface area (TPSA) is 62.1 Å². The van der Waals surface area contributed by atoms with Gasteiger partial charge >= 0.3 is 0 Å². The van der Waals surface area contributed by atoms with E-state index in [1.54, 1.807) is 6.08 Å². The zero-order valence-corrected chi connectivity index (χ0v) is 20.0. The van der Waals surface area contributed by atoms with Gasteiger partial charge in [0.2, 0.25) is 0 Å². The maximum absolute atomic E-state index is 12.7. The average molecular weight is 439 g/mol. The van der Waals surface area contributed by atoms with Gasteiger partial charge in [-0.1, -0.05) is 59.2 Å². The van der Waals surface area contributed by atoms with E-state index in [1.165, 1.54) is 16.7 Å². The van der Waals surface area contributed by atoms with Gasteiger partial charge in [0.25, 0.3) is 5.91 Å². The Morgan fingerprint density at radius 3 is 2.33 bits per heavy atom. The molecule has 4 heteroatoms. The summed E-state index contributed by atoms with van der Waals surface area (Å²) in [6.07, 6.45) is 2.35. The molecular weight excluding hydrogens is 408 g/mol. The molecule has 0 saturated carbocycles. The van der Waals surface area contributed by atoms with Crippen LogP contribution in [0.25, 0.3) is 6.08 Å². The third-order valence-electron chi connectivity index (χ3n) is 5.37. The summed E-state index contributed by atoms with van der Waals surface area (Å²) in [6, 6.07) is 20.1. The van der Waals surface area contributed by atoms with E-state index in [4.69, 9.17) is 4.74 Å². The summed E-state index contributed by atoms with van der Waals surface area (Å²) in [6.45, 7) is 10.6. The second-order valence-corrected chi connectivity index (χ2v) is 8.42. The molecule has 168 valence electrons. The molecule has 0 radical (unpaired) electrons. The third kappa shape index (κ3) is 6.33. The van der Waals surface area contributed by atoms with Crippen LogP contribution in [0.15, 0.2) is 60.2 Å². The lowest BCUT2D eigenvalue weighted by Crippen LogP contribution is -2.14. The Morgan fingerprint density at radius 2 is 1.70 bits per heavy atom. The molecule has 0 unspecified atom stereocenters. The number of ether oxygens (including phenoxy) is 1. The summed E-state index contributed by atoms with van der Waals surface area (Å²) < 4.78 is 5.90. The van der Waals surface area contributed by atoms with Gasteiger partial charge in [0.05, 0.1) is 6.61 Å². The van der Waals surface area contributed by atoms with E-state index in [2.05, 4.69) is 37.4 Å². The Labute approximate surface area is 196 Å². The van der Waals surface area contributed by atoms with Gasteiger partial charge in [-0.3, -0.25) is 4.79 Å². The molecule has 1 N–H and O–H groups in total. The number of aryl methyl sites for hydroxylation is 4. The predicted octanol–water partition coefficient (Wildman–Crippen LogP) is 6.46. The van der Waals surface area contributed by atoms with Crippen molar-refractivity contribution >= 4 is 17.7 Å². The first-order valence-electron chi connectivity index (χ1n) is 11.1. The van der Waals surface area contributed by atoms with Crippen molar-refractivity contribution in [2.75, 3.05) is 11.9 Å². The van der Waals surface area contributed by atoms with Crippen LogP contribution in [0.2, 0.25) is 0 Å². The zero-order valence-electron chi connectivity index (χ0n) is 20.0. The van der Waals surface area contributed by atoms with Gasteiger partial charge in [-0.25, -0.2) is 0 Å². The predicted molar refractivity (Wildman–Crippen MR) is 134 cm³/mol. The van der Waals surface area contributed by atoms with Crippen molar-refractivity contribution in [3.8, 4) is 11.8 Å². The van der Waals surface area contributed by atoms with Crippen LogP contribution in [0, 0.1) is 39.0 Å². The van der Waals surface area contributed by atoms with Crippen LogP contribution in [-0.2, 0) is 11.2 Å². The van der Waals surface area contributed by atoms with Crippen LogP contribution in [0.4, 0.5) is 5.69 Å². The lowest BCUT2D eigenvalue weighted by atomic mass is 9.98. The monoisotopic (exact) mass is 438 g/mol. The first-order chi connectivity index (χ1) is 15.8. The molecule has 3 aromatic rings. The van der Waals surface area contributed by atoms with Gasteiger partial charge < -0.3 is 10.1 Å². The van der Waals surface area contributed by atoms with Gasteiger partial charge in [0.1, 0.15) is 17.4 Å². The SMILES string of the molecule is CCOc1cc(/C=C(\C#N)C(=O)Nc2ccc(C)cc2C)ccc1Cc1cc(C)cc(C)c1. The lowest BCUT2D eigenvalue weighted by molar-refractivity contribution is -0.112. The number of hydrogen-bond donors (Lipinski definition) is 1. The third-order valence-corrected chi connectivity index (χ3v) is 5.37. The number of carbonyl (C=O) groups excluding carboxylic acids is 1. The zero-order chi connectivity index (χ0) is 24.0. The van der Waals surface area contributed by atoms with E-state index in [0.29, 0.717) is 12.3 Å². The van der Waals surface area contributed by atoms with Gasteiger partial charge in [-0.15, -0.1) is 0 Å². The molecule has 1 amide bonds. The normalized spacial score (nSPS) is 11.1. The van der Waals surface area contributed by atoms with Gasteiger partial charge in [-0.05, 0) is 75.1 Å². The van der Waals surface area contributed by atoms with Crippen molar-refractivity contribution in [3.63, 3.8) is 0 Å². The number of carbonyl (C=O) groups is 1. The highest BCUT2D eigenvalue weighted by molar-refractivity contribution is 6.10. The van der Waals surface area contributed by atoms with Gasteiger partial charge in [0.15, 0.2) is 0 Å². The average Bonchev–Trinajstić information content (AvgIpc) is 2.75. The number of amides is 1. The molecule has 0 aliphatic heterocycles. The number of hydrogen-bond acceptors (Lipinski definition) is 3. The van der Waals surface area contributed by atoms with Crippen LogP contribution < -0.4 is 10.1 Å². The molecule has 4 nitrogen and oxygen atoms in total. The minimum absolute atomic E-state index is 0.0412. The van der Waals surface area contributed by atoms with E-state index < -0.39 is 5.91 Å². The fourth-order valence-electron chi connectivity index (χ4n) is 3.95. The molecule has 0 fully saturated rings. The van der Waals surface area contributed by atoms with Crippen molar-refractivity contribution in [2.45, 2.75) is 41.0 Å². The fraction of sp³-hybridized carbons (Fsp3) is 0.241. The van der Waals surface area contributed by atoms with Crippen molar-refractivity contribution in [2.24, 2.45) is 0 Å². The van der Waals surface area contributed by atoms with Crippen molar-refractivity contribution in [1.82, 2.24) is 0 Å². The molecule has 0 aliphatic rings. The molecule has 0 aromatic heterocycles. The smallest absolute Gasteiger partial charge is 0.266 e. The quantitative estimate of drug-likeness (QED) is 0.340. The molecule has 3 rings (SSSR count). The number of nitrogens with zero attached hydrogens (tertiary/aromatic N) is 1. The van der Waals surface area contributed by atoms with E-state index in [1.807, 2.05) is 63.2 Å². The van der Waals surface area contributed by atoms with Crippen molar-refractivity contribution in [3.05, 3.63) is 99.1 Å². The van der Waals surface area contributed by atoms with Crippen LogP contribution in [0.1, 0.15) is 45.9 Å². The second kappa shape index (κ2) is 10.7. The van der Waals surface area contributed by atoms with Crippen molar-refractivity contribution < 1.29 is 9.53 Å². The van der Waals surface area contributed by atoms with E-state index in [9.17, 15) is 10.1 Å². The Kier molecular flexibility index (Phi) is 7.69. The molecular formula is C29H30N2O2. The second-order valence-electron chi connectivity index (χ2n) is 8.42. The molecule has 33 heavy (non-hydrogen) atoms. The van der Waals surface area contributed by atoms with Crippen LogP contribution in [0.3, 0.4) is 0 Å². The summed E-state index contributed by atoms with van der Waals surface area (Å²) in [7, 11) is 0. The Morgan fingerprint density at radius 1 is 0.970 bits per heavy atom. The maximum atomic E-state index is 12.7. The van der Waals surface area contributed by atoms with Crippen molar-refractivity contribution in [1.29, 1.82) is 5.26 Å². The molecule has 0 spiro atoms. The molecule has 0 saturated heterocycles. The van der Waals surface area contributed by atoms with Crippen LogP contribution >= 0.6 is 0 Å². The number of anilines is 1. The summed E-state index contributed by atoms with van der Waals surface area (Å²) in [5.74, 6) is 0.333. The standard InChI is InChI=1S/C29H30N2O2/c1-6-33-28-17-23(8-9-25(28)16-24-13-20(3)11-21(4)14-24)15-26(18-30)29(32)31-27-10-7-19(2)12-22(27)5/h7-15,17H,6,16H2,1-5H3,(H,31,32)/b26-15+. The summed E-state index contributed by atoms with van der Waals surface area (Å²) in [4.78, 5) is 12.7. The van der Waals surface area contributed by atoms with Crippen LogP contribution in [0.5, 0.6) is 5.75 Å². The maximum Gasteiger partial charge on any atom is 0.266 e. The largest absolute Gasteiger partial charge is 0.494 e. The van der Waals surface area contributed by atoms with E-state index >= 15 is 0 Å². The molecule has 0 aliphatic carbocycles. The highest BCUT2D eigenvalue weighted by Crippen LogP contribution is 2.26. The Bertz CT molecular complexity index is 1230. The molecule has 3 aromatic carbocycles. The Hall–Kier alpha value is -3.84. The number of rotatable bonds is 7. The highest BCUT2D eigenvalue weighted by atomic mass is 16.5. The first-order valence-corrected chi connectivity index (χ1v) is 11.1. The molecule has 0 atom stereocenters. The number of nitrogens with one attached hydrogen (secondary N) is 1. The summed E-state index contributed by atoms with van der Waals surface area (Å²) in [5.41, 5.74) is 8.31.